The number of methoxy groups -OCH3 is 1. The van der Waals surface area contributed by atoms with Gasteiger partial charge in [0.15, 0.2) is 0 Å². The summed E-state index contributed by atoms with van der Waals surface area (Å²) in [5.74, 6) is -1.11. The first-order valence-corrected chi connectivity index (χ1v) is 10.8. The first-order chi connectivity index (χ1) is 16.4. The number of nitriles is 1. The molecule has 178 valence electrons. The fourth-order valence-electron chi connectivity index (χ4n) is 3.68. The quantitative estimate of drug-likeness (QED) is 0.565. The lowest BCUT2D eigenvalue weighted by molar-refractivity contribution is -0.147. The van der Waals surface area contributed by atoms with Gasteiger partial charge in [-0.05, 0) is 42.7 Å². The normalized spacial score (nSPS) is 14.6. The minimum Gasteiger partial charge on any atom is -0.497 e. The summed E-state index contributed by atoms with van der Waals surface area (Å²) in [5, 5.41) is 20.5. The second-order valence-electron chi connectivity index (χ2n) is 7.85. The molecule has 10 nitrogen and oxygen atoms in total. The lowest BCUT2D eigenvalue weighted by Gasteiger charge is -2.34. The first-order valence-electron chi connectivity index (χ1n) is 10.8. The maximum absolute atomic E-state index is 13.4. The molecule has 1 saturated heterocycles. The van der Waals surface area contributed by atoms with Gasteiger partial charge in [0.1, 0.15) is 30.2 Å². The minimum atomic E-state index is -1.03. The van der Waals surface area contributed by atoms with Gasteiger partial charge in [0.05, 0.1) is 18.8 Å². The van der Waals surface area contributed by atoms with Crippen LogP contribution in [0.1, 0.15) is 34.5 Å². The van der Waals surface area contributed by atoms with Gasteiger partial charge in [0, 0.05) is 25.7 Å². The highest BCUT2D eigenvalue weighted by molar-refractivity contribution is 5.96. The number of nitrogens with one attached hydrogen (secondary N) is 1. The SMILES string of the molecule is COc1ccc(CC(NC(=O)c2ccc(C#N)cn2)C(=O)N2CCC(OCC(=O)O)CC2)cc1. The Morgan fingerprint density at radius 1 is 1.21 bits per heavy atom. The third-order valence-corrected chi connectivity index (χ3v) is 5.52. The number of nitrogens with zero attached hydrogens (tertiary/aromatic N) is 3. The van der Waals surface area contributed by atoms with Crippen LogP contribution in [0, 0.1) is 11.3 Å². The van der Waals surface area contributed by atoms with Gasteiger partial charge >= 0.3 is 5.97 Å². The van der Waals surface area contributed by atoms with Crippen molar-refractivity contribution < 1.29 is 29.0 Å². The van der Waals surface area contributed by atoms with Crippen LogP contribution in [0.25, 0.3) is 0 Å². The summed E-state index contributed by atoms with van der Waals surface area (Å²) < 4.78 is 10.5. The number of likely N-dealkylation sites (tertiary alicyclic amines) is 1. The summed E-state index contributed by atoms with van der Waals surface area (Å²) in [7, 11) is 1.57. The van der Waals surface area contributed by atoms with Crippen LogP contribution in [-0.2, 0) is 20.7 Å². The predicted molar refractivity (Wildman–Crippen MR) is 120 cm³/mol. The lowest BCUT2D eigenvalue weighted by Crippen LogP contribution is -2.52. The molecule has 2 heterocycles. The number of pyridine rings is 1. The number of benzene rings is 1. The third-order valence-electron chi connectivity index (χ3n) is 5.52. The molecular formula is C24H26N4O6. The molecule has 2 N–H and O–H groups in total. The van der Waals surface area contributed by atoms with E-state index in [1.54, 1.807) is 24.1 Å². The Morgan fingerprint density at radius 2 is 1.91 bits per heavy atom. The molecule has 34 heavy (non-hydrogen) atoms. The number of carbonyl (C=O) groups is 3. The van der Waals surface area contributed by atoms with Crippen molar-refractivity contribution in [3.05, 3.63) is 59.4 Å². The van der Waals surface area contributed by atoms with Gasteiger partial charge in [-0.2, -0.15) is 5.26 Å². The molecule has 2 amide bonds. The van der Waals surface area contributed by atoms with E-state index in [1.807, 2.05) is 18.2 Å². The second-order valence-corrected chi connectivity index (χ2v) is 7.85. The number of amides is 2. The number of hydrogen-bond donors (Lipinski definition) is 2. The van der Waals surface area contributed by atoms with E-state index in [9.17, 15) is 14.4 Å². The van der Waals surface area contributed by atoms with Crippen molar-refractivity contribution >= 4 is 17.8 Å². The molecule has 0 saturated carbocycles. The number of carboxylic acid groups (broad SMARTS) is 1. The average molecular weight is 466 g/mol. The van der Waals surface area contributed by atoms with Crippen molar-refractivity contribution in [1.82, 2.24) is 15.2 Å². The van der Waals surface area contributed by atoms with Crippen molar-refractivity contribution in [3.8, 4) is 11.8 Å². The molecule has 3 rings (SSSR count). The molecule has 1 fully saturated rings. The van der Waals surface area contributed by atoms with Crippen molar-refractivity contribution in [2.75, 3.05) is 26.8 Å². The molecule has 1 aliphatic heterocycles. The number of carboxylic acids is 1. The maximum Gasteiger partial charge on any atom is 0.329 e. The van der Waals surface area contributed by atoms with Crippen LogP contribution in [0.5, 0.6) is 5.75 Å². The third kappa shape index (κ3) is 6.76. The van der Waals surface area contributed by atoms with Gasteiger partial charge in [-0.25, -0.2) is 9.78 Å². The van der Waals surface area contributed by atoms with Crippen molar-refractivity contribution in [2.45, 2.75) is 31.4 Å². The monoisotopic (exact) mass is 466 g/mol. The van der Waals surface area contributed by atoms with Crippen molar-refractivity contribution in [2.24, 2.45) is 0 Å². The number of hydrogen-bond acceptors (Lipinski definition) is 7. The molecule has 1 aliphatic rings. The van der Waals surface area contributed by atoms with Gasteiger partial charge < -0.3 is 24.8 Å². The summed E-state index contributed by atoms with van der Waals surface area (Å²) in [5.41, 5.74) is 1.27. The van der Waals surface area contributed by atoms with Gasteiger partial charge in [-0.1, -0.05) is 12.1 Å². The number of rotatable bonds is 9. The zero-order chi connectivity index (χ0) is 24.5. The Hall–Kier alpha value is -3.97. The largest absolute Gasteiger partial charge is 0.497 e. The summed E-state index contributed by atoms with van der Waals surface area (Å²) in [6.45, 7) is 0.423. The van der Waals surface area contributed by atoms with E-state index in [1.165, 1.54) is 18.3 Å². The number of aliphatic carboxylic acids is 1. The molecule has 0 bridgehead atoms. The molecule has 2 aromatic rings. The van der Waals surface area contributed by atoms with Crippen LogP contribution in [0.2, 0.25) is 0 Å². The molecule has 1 aromatic carbocycles. The number of aromatic nitrogens is 1. The highest BCUT2D eigenvalue weighted by atomic mass is 16.5. The summed E-state index contributed by atoms with van der Waals surface area (Å²) >= 11 is 0. The van der Waals surface area contributed by atoms with Crippen LogP contribution in [0.3, 0.4) is 0 Å². The molecule has 1 unspecified atom stereocenters. The fourth-order valence-corrected chi connectivity index (χ4v) is 3.68. The van der Waals surface area contributed by atoms with E-state index in [-0.39, 0.29) is 30.7 Å². The van der Waals surface area contributed by atoms with E-state index < -0.39 is 17.9 Å². The smallest absolute Gasteiger partial charge is 0.329 e. The molecule has 1 aromatic heterocycles. The standard InChI is InChI=1S/C24H26N4O6/c1-33-18-5-2-16(3-6-18)12-21(27-23(31)20-7-4-17(13-25)14-26-20)24(32)28-10-8-19(9-11-28)34-15-22(29)30/h2-7,14,19,21H,8-12,15H2,1H3,(H,27,31)(H,29,30). The van der Waals surface area contributed by atoms with Gasteiger partial charge in [0.2, 0.25) is 5.91 Å². The number of ether oxygens (including phenoxy) is 2. The van der Waals surface area contributed by atoms with Gasteiger partial charge in [-0.15, -0.1) is 0 Å². The Balaban J connectivity index is 1.71. The molecule has 0 spiro atoms. The van der Waals surface area contributed by atoms with E-state index in [2.05, 4.69) is 10.3 Å². The predicted octanol–water partition coefficient (Wildman–Crippen LogP) is 1.40. The molecular weight excluding hydrogens is 440 g/mol. The average Bonchev–Trinajstić information content (AvgIpc) is 2.87. The van der Waals surface area contributed by atoms with Crippen LogP contribution >= 0.6 is 0 Å². The molecule has 10 heteroatoms. The van der Waals surface area contributed by atoms with Crippen LogP contribution in [0.4, 0.5) is 0 Å². The maximum atomic E-state index is 13.4. The Bertz CT molecular complexity index is 1040. The highest BCUT2D eigenvalue weighted by Gasteiger charge is 2.30. The van der Waals surface area contributed by atoms with Crippen LogP contribution in [-0.4, -0.2) is 71.7 Å². The highest BCUT2D eigenvalue weighted by Crippen LogP contribution is 2.18. The fraction of sp³-hybridized carbons (Fsp3) is 0.375. The van der Waals surface area contributed by atoms with Crippen LogP contribution in [0.15, 0.2) is 42.6 Å². The Morgan fingerprint density at radius 3 is 2.47 bits per heavy atom. The summed E-state index contributed by atoms with van der Waals surface area (Å²) in [4.78, 5) is 42.5. The second kappa shape index (κ2) is 11.8. The summed E-state index contributed by atoms with van der Waals surface area (Å²) in [6.07, 6.45) is 2.37. The minimum absolute atomic E-state index is 0.104. The van der Waals surface area contributed by atoms with Gasteiger partial charge in [-0.3, -0.25) is 9.59 Å². The van der Waals surface area contributed by atoms with Crippen molar-refractivity contribution in [3.63, 3.8) is 0 Å². The van der Waals surface area contributed by atoms with E-state index >= 15 is 0 Å². The number of piperidine rings is 1. The van der Waals surface area contributed by atoms with Gasteiger partial charge in [0.25, 0.3) is 5.91 Å². The zero-order valence-corrected chi connectivity index (χ0v) is 18.8. The zero-order valence-electron chi connectivity index (χ0n) is 18.8. The molecule has 0 aliphatic carbocycles. The molecule has 0 radical (unpaired) electrons. The van der Waals surface area contributed by atoms with E-state index in [0.717, 1.165) is 5.56 Å². The van der Waals surface area contributed by atoms with E-state index in [4.69, 9.17) is 19.8 Å². The molecule has 1 atom stereocenters. The first kappa shape index (κ1) is 24.7. The van der Waals surface area contributed by atoms with Crippen LogP contribution < -0.4 is 10.1 Å². The number of carbonyl (C=O) groups excluding carboxylic acids is 2. The Kier molecular flexibility index (Phi) is 8.54. The summed E-state index contributed by atoms with van der Waals surface area (Å²) in [6, 6.07) is 11.3. The Labute approximate surface area is 197 Å². The topological polar surface area (TPSA) is 142 Å². The van der Waals surface area contributed by atoms with E-state index in [0.29, 0.717) is 37.2 Å². The van der Waals surface area contributed by atoms with Crippen molar-refractivity contribution in [1.29, 1.82) is 5.26 Å². The lowest BCUT2D eigenvalue weighted by atomic mass is 10.0.